The van der Waals surface area contributed by atoms with Crippen molar-refractivity contribution in [2.45, 2.75) is 38.1 Å². The van der Waals surface area contributed by atoms with Gasteiger partial charge in [0, 0.05) is 16.6 Å². The molecule has 1 aromatic carbocycles. The number of hydrogen-bond donors (Lipinski definition) is 3. The molecule has 1 fully saturated rings. The Morgan fingerprint density at radius 2 is 2.05 bits per heavy atom. The summed E-state index contributed by atoms with van der Waals surface area (Å²) in [4.78, 5) is 12.5. The summed E-state index contributed by atoms with van der Waals surface area (Å²) < 4.78 is 0.802. The van der Waals surface area contributed by atoms with Crippen LogP contribution in [0.25, 0.3) is 5.57 Å². The number of amides is 1. The predicted molar refractivity (Wildman–Crippen MR) is 88.3 cm³/mol. The third kappa shape index (κ3) is 2.46. The molecule has 1 aliphatic heterocycles. The summed E-state index contributed by atoms with van der Waals surface area (Å²) in [6, 6.07) is 5.76. The van der Waals surface area contributed by atoms with Gasteiger partial charge in [0.2, 0.25) is 0 Å². The topological polar surface area (TPSA) is 69.6 Å². The highest BCUT2D eigenvalue weighted by Gasteiger charge is 2.47. The van der Waals surface area contributed by atoms with E-state index in [1.54, 1.807) is 0 Å². The Hall–Kier alpha value is -1.33. The molecular weight excluding hydrogens is 346 g/mol. The number of nitrogens with one attached hydrogen (secondary N) is 1. The van der Waals surface area contributed by atoms with E-state index in [2.05, 4.69) is 21.2 Å². The van der Waals surface area contributed by atoms with Crippen LogP contribution in [0.1, 0.15) is 36.8 Å². The van der Waals surface area contributed by atoms with Crippen LogP contribution < -0.4 is 5.32 Å². The van der Waals surface area contributed by atoms with Crippen LogP contribution in [0.2, 0.25) is 0 Å². The maximum atomic E-state index is 12.5. The minimum Gasteiger partial charge on any atom is -0.509 e. The minimum absolute atomic E-state index is 0.153. The van der Waals surface area contributed by atoms with Crippen molar-refractivity contribution in [2.24, 2.45) is 5.92 Å². The first kappa shape index (κ1) is 15.6. The van der Waals surface area contributed by atoms with E-state index in [1.807, 2.05) is 25.1 Å². The lowest BCUT2D eigenvalue weighted by atomic mass is 9.76. The summed E-state index contributed by atoms with van der Waals surface area (Å²) in [6.07, 6.45) is 2.96. The number of carbonyl (C=O) groups excluding carboxylic acids is 1. The van der Waals surface area contributed by atoms with E-state index in [4.69, 9.17) is 0 Å². The zero-order valence-electron chi connectivity index (χ0n) is 12.5. The maximum absolute atomic E-state index is 12.5. The second-order valence-electron chi connectivity index (χ2n) is 6.37. The van der Waals surface area contributed by atoms with Crippen molar-refractivity contribution in [2.75, 3.05) is 6.61 Å². The molecule has 0 radical (unpaired) electrons. The Morgan fingerprint density at radius 1 is 1.36 bits per heavy atom. The highest BCUT2D eigenvalue weighted by molar-refractivity contribution is 9.10. The van der Waals surface area contributed by atoms with Crippen LogP contribution >= 0.6 is 15.9 Å². The molecule has 2 aliphatic rings. The van der Waals surface area contributed by atoms with E-state index < -0.39 is 5.54 Å². The van der Waals surface area contributed by atoms with E-state index in [1.165, 1.54) is 0 Å². The first-order valence-corrected chi connectivity index (χ1v) is 8.40. The molecule has 0 unspecified atom stereocenters. The van der Waals surface area contributed by atoms with Crippen molar-refractivity contribution in [1.29, 1.82) is 0 Å². The normalized spacial score (nSPS) is 28.3. The standard InChI is InChI=1S/C17H20BrNO3/c1-10-2-3-13(18)12(8-10)14-15(21)17(19-16(14)22)6-4-11(9-20)5-7-17/h2-3,8,11,20-21H,4-7,9H2,1H3,(H,19,22)/t11-,17+. The third-order valence-corrected chi connectivity index (χ3v) is 5.57. The highest BCUT2D eigenvalue weighted by Crippen LogP contribution is 2.43. The first-order chi connectivity index (χ1) is 10.5. The summed E-state index contributed by atoms with van der Waals surface area (Å²) in [6.45, 7) is 2.13. The van der Waals surface area contributed by atoms with Gasteiger partial charge in [0.1, 0.15) is 5.76 Å². The molecule has 1 aromatic rings. The molecule has 0 atom stereocenters. The Kier molecular flexibility index (Phi) is 4.03. The minimum atomic E-state index is -0.652. The van der Waals surface area contributed by atoms with Crippen molar-refractivity contribution in [1.82, 2.24) is 5.32 Å². The average Bonchev–Trinajstić information content (AvgIpc) is 2.74. The number of aliphatic hydroxyl groups is 2. The van der Waals surface area contributed by atoms with E-state index in [9.17, 15) is 15.0 Å². The smallest absolute Gasteiger partial charge is 0.256 e. The maximum Gasteiger partial charge on any atom is 0.256 e. The van der Waals surface area contributed by atoms with Gasteiger partial charge < -0.3 is 15.5 Å². The fourth-order valence-corrected chi connectivity index (χ4v) is 3.93. The first-order valence-electron chi connectivity index (χ1n) is 7.60. The average molecular weight is 366 g/mol. The van der Waals surface area contributed by atoms with Gasteiger partial charge in [0.05, 0.1) is 11.1 Å². The lowest BCUT2D eigenvalue weighted by Crippen LogP contribution is -2.47. The van der Waals surface area contributed by atoms with E-state index in [0.29, 0.717) is 18.4 Å². The van der Waals surface area contributed by atoms with Crippen LogP contribution in [0.4, 0.5) is 0 Å². The molecule has 1 saturated carbocycles. The number of rotatable bonds is 2. The van der Waals surface area contributed by atoms with Crippen molar-refractivity contribution < 1.29 is 15.0 Å². The molecule has 3 rings (SSSR count). The molecule has 1 spiro atoms. The Labute approximate surface area is 138 Å². The zero-order valence-corrected chi connectivity index (χ0v) is 14.1. The van der Waals surface area contributed by atoms with Gasteiger partial charge in [-0.05, 0) is 50.7 Å². The second kappa shape index (κ2) is 5.70. The van der Waals surface area contributed by atoms with Crippen LogP contribution in [-0.4, -0.2) is 28.3 Å². The van der Waals surface area contributed by atoms with Crippen molar-refractivity contribution in [3.05, 3.63) is 39.6 Å². The molecule has 0 aromatic heterocycles. The van der Waals surface area contributed by atoms with Gasteiger partial charge >= 0.3 is 0 Å². The number of benzene rings is 1. The van der Waals surface area contributed by atoms with E-state index >= 15 is 0 Å². The van der Waals surface area contributed by atoms with Crippen LogP contribution in [0, 0.1) is 12.8 Å². The van der Waals surface area contributed by atoms with Gasteiger partial charge in [0.15, 0.2) is 0 Å². The fraction of sp³-hybridized carbons (Fsp3) is 0.471. The van der Waals surface area contributed by atoms with Gasteiger partial charge in [-0.25, -0.2) is 0 Å². The number of carbonyl (C=O) groups is 1. The summed E-state index contributed by atoms with van der Waals surface area (Å²) in [7, 11) is 0. The monoisotopic (exact) mass is 365 g/mol. The predicted octanol–water partition coefficient (Wildman–Crippen LogP) is 3.08. The van der Waals surface area contributed by atoms with Crippen LogP contribution in [0.5, 0.6) is 0 Å². The van der Waals surface area contributed by atoms with Gasteiger partial charge in [-0.2, -0.15) is 0 Å². The lowest BCUT2D eigenvalue weighted by Gasteiger charge is -2.36. The summed E-state index contributed by atoms with van der Waals surface area (Å²) in [5, 5.41) is 23.0. The summed E-state index contributed by atoms with van der Waals surface area (Å²) >= 11 is 3.47. The molecule has 22 heavy (non-hydrogen) atoms. The molecule has 0 saturated heterocycles. The fourth-order valence-electron chi connectivity index (χ4n) is 3.48. The SMILES string of the molecule is Cc1ccc(Br)c(C2=C(O)[C@]3(CC[C@H](CO)CC3)NC2=O)c1. The van der Waals surface area contributed by atoms with Gasteiger partial charge in [-0.15, -0.1) is 0 Å². The number of halogens is 1. The van der Waals surface area contributed by atoms with Gasteiger partial charge in [0.25, 0.3) is 5.91 Å². The van der Waals surface area contributed by atoms with Gasteiger partial charge in [-0.3, -0.25) is 4.79 Å². The van der Waals surface area contributed by atoms with Crippen LogP contribution in [-0.2, 0) is 4.79 Å². The van der Waals surface area contributed by atoms with E-state index in [0.717, 1.165) is 28.4 Å². The zero-order chi connectivity index (χ0) is 15.9. The molecule has 4 nitrogen and oxygen atoms in total. The quantitative estimate of drug-likeness (QED) is 0.754. The van der Waals surface area contributed by atoms with E-state index in [-0.39, 0.29) is 24.2 Å². The summed E-state index contributed by atoms with van der Waals surface area (Å²) in [5.74, 6) is 0.205. The lowest BCUT2D eigenvalue weighted by molar-refractivity contribution is -0.116. The molecule has 1 heterocycles. The number of aliphatic hydroxyl groups excluding tert-OH is 2. The molecule has 3 N–H and O–H groups in total. The molecule has 1 aliphatic carbocycles. The molecule has 118 valence electrons. The van der Waals surface area contributed by atoms with Crippen molar-refractivity contribution in [3.8, 4) is 0 Å². The number of aryl methyl sites for hydroxylation is 1. The molecule has 5 heteroatoms. The molecular formula is C17H20BrNO3. The largest absolute Gasteiger partial charge is 0.509 e. The molecule has 0 bridgehead atoms. The number of hydrogen-bond acceptors (Lipinski definition) is 3. The van der Waals surface area contributed by atoms with Crippen LogP contribution in [0.15, 0.2) is 28.4 Å². The van der Waals surface area contributed by atoms with Crippen molar-refractivity contribution >= 4 is 27.4 Å². The Balaban J connectivity index is 2.00. The van der Waals surface area contributed by atoms with Crippen LogP contribution in [0.3, 0.4) is 0 Å². The Morgan fingerprint density at radius 3 is 2.68 bits per heavy atom. The van der Waals surface area contributed by atoms with Gasteiger partial charge in [-0.1, -0.05) is 27.6 Å². The Bertz CT molecular complexity index is 645. The third-order valence-electron chi connectivity index (χ3n) is 4.88. The highest BCUT2D eigenvalue weighted by atomic mass is 79.9. The second-order valence-corrected chi connectivity index (χ2v) is 7.22. The summed E-state index contributed by atoms with van der Waals surface area (Å²) in [5.41, 5.74) is 1.49. The van der Waals surface area contributed by atoms with Crippen molar-refractivity contribution in [3.63, 3.8) is 0 Å². The molecule has 1 amide bonds.